The molecular formula is C19H28N6O3. The Labute approximate surface area is 164 Å². The Balaban J connectivity index is 1.39. The molecule has 0 bridgehead atoms. The number of rotatable bonds is 7. The number of imide groups is 1. The number of nitrogens with one attached hydrogen (secondary N) is 1. The van der Waals surface area contributed by atoms with Gasteiger partial charge in [0.05, 0.1) is 5.69 Å². The molecule has 152 valence electrons. The fourth-order valence-electron chi connectivity index (χ4n) is 4.19. The largest absolute Gasteiger partial charge is 0.335 e. The molecule has 1 saturated heterocycles. The van der Waals surface area contributed by atoms with Crippen molar-refractivity contribution in [2.45, 2.75) is 83.0 Å². The molecule has 28 heavy (non-hydrogen) atoms. The van der Waals surface area contributed by atoms with Gasteiger partial charge in [-0.25, -0.2) is 9.48 Å². The lowest BCUT2D eigenvalue weighted by Crippen LogP contribution is -2.47. The highest BCUT2D eigenvalue weighted by Crippen LogP contribution is 2.34. The van der Waals surface area contributed by atoms with Crippen LogP contribution in [0.15, 0.2) is 6.20 Å². The van der Waals surface area contributed by atoms with Crippen LogP contribution in [-0.4, -0.2) is 67.3 Å². The van der Waals surface area contributed by atoms with E-state index < -0.39 is 12.1 Å². The highest BCUT2D eigenvalue weighted by atomic mass is 16.2. The first-order valence-corrected chi connectivity index (χ1v) is 10.3. The van der Waals surface area contributed by atoms with Gasteiger partial charge in [0.2, 0.25) is 5.91 Å². The van der Waals surface area contributed by atoms with Crippen molar-refractivity contribution in [3.63, 3.8) is 0 Å². The van der Waals surface area contributed by atoms with Crippen LogP contribution in [0.3, 0.4) is 0 Å². The molecule has 0 radical (unpaired) electrons. The van der Waals surface area contributed by atoms with Crippen LogP contribution in [0.5, 0.6) is 0 Å². The molecule has 1 N–H and O–H groups in total. The molecule has 3 fully saturated rings. The number of carbonyl (C=O) groups excluding carboxylic acids is 3. The minimum absolute atomic E-state index is 0.107. The maximum Gasteiger partial charge on any atom is 0.325 e. The van der Waals surface area contributed by atoms with Gasteiger partial charge in [0.15, 0.2) is 0 Å². The summed E-state index contributed by atoms with van der Waals surface area (Å²) in [7, 11) is 0. The minimum atomic E-state index is -0.696. The standard InChI is InChI=1S/C19H28N6O3/c1-12(2)24-10-13(21-22-24)9-16-18(27)23(19(28)20-16)11-17(26)25(15-7-8-15)14-5-3-4-6-14/h10,12,14-16H,3-9,11H2,1-2H3,(H,20,28). The molecular weight excluding hydrogens is 360 g/mol. The Morgan fingerprint density at radius 1 is 1.21 bits per heavy atom. The Hall–Kier alpha value is -2.45. The molecule has 1 atom stereocenters. The fourth-order valence-corrected chi connectivity index (χ4v) is 4.19. The molecule has 1 aromatic rings. The first-order valence-electron chi connectivity index (χ1n) is 10.3. The van der Waals surface area contributed by atoms with Gasteiger partial charge >= 0.3 is 6.03 Å². The van der Waals surface area contributed by atoms with Crippen molar-refractivity contribution in [1.29, 1.82) is 0 Å². The second-order valence-electron chi connectivity index (χ2n) is 8.38. The first-order chi connectivity index (χ1) is 13.4. The van der Waals surface area contributed by atoms with Crippen LogP contribution in [0.25, 0.3) is 0 Å². The number of urea groups is 1. The van der Waals surface area contributed by atoms with E-state index >= 15 is 0 Å². The van der Waals surface area contributed by atoms with Crippen molar-refractivity contribution >= 4 is 17.8 Å². The van der Waals surface area contributed by atoms with E-state index in [1.54, 1.807) is 10.9 Å². The van der Waals surface area contributed by atoms with E-state index in [4.69, 9.17) is 0 Å². The first kappa shape index (κ1) is 18.9. The zero-order valence-electron chi connectivity index (χ0n) is 16.5. The topological polar surface area (TPSA) is 100 Å². The predicted molar refractivity (Wildman–Crippen MR) is 100 cm³/mol. The highest BCUT2D eigenvalue weighted by molar-refractivity contribution is 6.06. The molecule has 4 amide bonds. The van der Waals surface area contributed by atoms with Gasteiger partial charge in [0.25, 0.3) is 5.91 Å². The Morgan fingerprint density at radius 3 is 2.50 bits per heavy atom. The van der Waals surface area contributed by atoms with Crippen LogP contribution in [0.1, 0.15) is 64.1 Å². The molecule has 1 aliphatic heterocycles. The van der Waals surface area contributed by atoms with Gasteiger partial charge < -0.3 is 10.2 Å². The maximum absolute atomic E-state index is 12.9. The molecule has 0 spiro atoms. The summed E-state index contributed by atoms with van der Waals surface area (Å²) < 4.78 is 1.72. The van der Waals surface area contributed by atoms with Crippen LogP contribution in [0, 0.1) is 0 Å². The van der Waals surface area contributed by atoms with Crippen LogP contribution in [0.2, 0.25) is 0 Å². The highest BCUT2D eigenvalue weighted by Gasteiger charge is 2.43. The molecule has 2 aliphatic carbocycles. The average molecular weight is 388 g/mol. The lowest BCUT2D eigenvalue weighted by Gasteiger charge is -2.30. The zero-order valence-corrected chi connectivity index (χ0v) is 16.5. The number of amides is 4. The fraction of sp³-hybridized carbons (Fsp3) is 0.737. The minimum Gasteiger partial charge on any atom is -0.335 e. The summed E-state index contributed by atoms with van der Waals surface area (Å²) in [6.07, 6.45) is 8.44. The van der Waals surface area contributed by atoms with Crippen molar-refractivity contribution in [2.75, 3.05) is 6.54 Å². The van der Waals surface area contributed by atoms with Gasteiger partial charge in [0, 0.05) is 30.7 Å². The predicted octanol–water partition coefficient (Wildman–Crippen LogP) is 1.26. The average Bonchev–Trinajstić information content (AvgIpc) is 3.05. The van der Waals surface area contributed by atoms with E-state index in [9.17, 15) is 14.4 Å². The second-order valence-corrected chi connectivity index (χ2v) is 8.38. The molecule has 2 saturated carbocycles. The summed E-state index contributed by atoms with van der Waals surface area (Å²) >= 11 is 0. The summed E-state index contributed by atoms with van der Waals surface area (Å²) in [4.78, 5) is 41.0. The number of nitrogens with zero attached hydrogens (tertiary/aromatic N) is 5. The van der Waals surface area contributed by atoms with E-state index in [-0.39, 0.29) is 36.9 Å². The molecule has 2 heterocycles. The third kappa shape index (κ3) is 3.74. The van der Waals surface area contributed by atoms with Gasteiger partial charge in [-0.05, 0) is 39.5 Å². The van der Waals surface area contributed by atoms with Crippen LogP contribution in [0.4, 0.5) is 4.79 Å². The van der Waals surface area contributed by atoms with E-state index in [0.29, 0.717) is 11.7 Å². The molecule has 9 nitrogen and oxygen atoms in total. The van der Waals surface area contributed by atoms with Crippen molar-refractivity contribution in [3.8, 4) is 0 Å². The van der Waals surface area contributed by atoms with E-state index in [1.165, 1.54) is 0 Å². The quantitative estimate of drug-likeness (QED) is 0.709. The molecule has 4 rings (SSSR count). The summed E-state index contributed by atoms with van der Waals surface area (Å²) in [6.45, 7) is 3.81. The number of hydrogen-bond acceptors (Lipinski definition) is 5. The van der Waals surface area contributed by atoms with Gasteiger partial charge in [-0.15, -0.1) is 5.10 Å². The van der Waals surface area contributed by atoms with Crippen molar-refractivity contribution < 1.29 is 14.4 Å². The molecule has 9 heteroatoms. The third-order valence-electron chi connectivity index (χ3n) is 5.85. The Morgan fingerprint density at radius 2 is 1.89 bits per heavy atom. The lowest BCUT2D eigenvalue weighted by atomic mass is 10.1. The van der Waals surface area contributed by atoms with E-state index in [2.05, 4.69) is 15.6 Å². The van der Waals surface area contributed by atoms with E-state index in [1.807, 2.05) is 18.7 Å². The Kier molecular flexibility index (Phi) is 5.07. The third-order valence-corrected chi connectivity index (χ3v) is 5.85. The molecule has 0 aromatic carbocycles. The summed E-state index contributed by atoms with van der Waals surface area (Å²) in [5, 5.41) is 10.8. The molecule has 3 aliphatic rings. The monoisotopic (exact) mass is 388 g/mol. The number of carbonyl (C=O) groups is 3. The van der Waals surface area contributed by atoms with Crippen LogP contribution < -0.4 is 5.32 Å². The number of hydrogen-bond donors (Lipinski definition) is 1. The van der Waals surface area contributed by atoms with Gasteiger partial charge in [-0.1, -0.05) is 18.1 Å². The Bertz CT molecular complexity index is 765. The van der Waals surface area contributed by atoms with Crippen molar-refractivity contribution in [2.24, 2.45) is 0 Å². The molecule has 1 aromatic heterocycles. The van der Waals surface area contributed by atoms with Crippen LogP contribution in [-0.2, 0) is 16.0 Å². The summed E-state index contributed by atoms with van der Waals surface area (Å²) in [5.74, 6) is -0.469. The second kappa shape index (κ2) is 7.52. The van der Waals surface area contributed by atoms with Crippen molar-refractivity contribution in [3.05, 3.63) is 11.9 Å². The van der Waals surface area contributed by atoms with Gasteiger partial charge in [-0.2, -0.15) is 0 Å². The van der Waals surface area contributed by atoms with Crippen LogP contribution >= 0.6 is 0 Å². The summed E-state index contributed by atoms with van der Waals surface area (Å²) in [6, 6.07) is -0.464. The SMILES string of the molecule is CC(C)n1cc(CC2NC(=O)N(CC(=O)N(C3CCCC3)C3CC3)C2=O)nn1. The van der Waals surface area contributed by atoms with Crippen molar-refractivity contribution in [1.82, 2.24) is 30.1 Å². The maximum atomic E-state index is 12.9. The summed E-state index contributed by atoms with van der Waals surface area (Å²) in [5.41, 5.74) is 0.645. The lowest BCUT2D eigenvalue weighted by molar-refractivity contribution is -0.139. The van der Waals surface area contributed by atoms with E-state index in [0.717, 1.165) is 43.4 Å². The normalized spacial score (nSPS) is 23.0. The smallest absolute Gasteiger partial charge is 0.325 e. The zero-order chi connectivity index (χ0) is 19.8. The van der Waals surface area contributed by atoms with Gasteiger partial charge in [0.1, 0.15) is 12.6 Å². The molecule has 1 unspecified atom stereocenters. The van der Waals surface area contributed by atoms with Gasteiger partial charge in [-0.3, -0.25) is 14.5 Å². The number of aromatic nitrogens is 3.